The van der Waals surface area contributed by atoms with E-state index in [-0.39, 0.29) is 30.1 Å². The summed E-state index contributed by atoms with van der Waals surface area (Å²) in [7, 11) is 5.21. The van der Waals surface area contributed by atoms with Crippen LogP contribution in [0.25, 0.3) is 17.0 Å². The summed E-state index contributed by atoms with van der Waals surface area (Å²) >= 11 is 6.60. The number of halogens is 1. The van der Waals surface area contributed by atoms with E-state index in [1.54, 1.807) is 30.4 Å². The Balaban J connectivity index is 0.824. The molecule has 310 valence electrons. The van der Waals surface area contributed by atoms with Crippen LogP contribution in [-0.2, 0) is 26.2 Å². The number of imide groups is 1. The maximum atomic E-state index is 12.8. The molecule has 4 saturated heterocycles. The molecule has 0 aliphatic carbocycles. The van der Waals surface area contributed by atoms with Crippen LogP contribution in [0.5, 0.6) is 0 Å². The van der Waals surface area contributed by atoms with Gasteiger partial charge in [-0.3, -0.25) is 29.3 Å². The lowest BCUT2D eigenvalue weighted by Crippen LogP contribution is -2.47. The first-order valence-corrected chi connectivity index (χ1v) is 21.0. The zero-order valence-electron chi connectivity index (χ0n) is 33.5. The number of benzene rings is 1. The second-order valence-corrected chi connectivity index (χ2v) is 17.0. The number of hydrogen-bond donors (Lipinski definition) is 4. The fraction of sp³-hybridized carbons (Fsp3) is 0.500. The topological polar surface area (TPSA) is 183 Å². The van der Waals surface area contributed by atoms with Gasteiger partial charge in [0.2, 0.25) is 17.8 Å². The largest absolute Gasteiger partial charge is 0.483 e. The molecule has 5 aliphatic rings. The number of aliphatic hydroxyl groups is 1. The number of amides is 3. The minimum absolute atomic E-state index is 0.210. The summed E-state index contributed by atoms with van der Waals surface area (Å²) in [6.07, 6.45) is 11.5. The lowest BCUT2D eigenvalue weighted by atomic mass is 9.82. The Kier molecular flexibility index (Phi) is 10.6. The highest BCUT2D eigenvalue weighted by atomic mass is 35.5. The van der Waals surface area contributed by atoms with Gasteiger partial charge < -0.3 is 30.3 Å². The minimum atomic E-state index is -1.08. The van der Waals surface area contributed by atoms with E-state index >= 15 is 0 Å². The number of ether oxygens (including phenoxy) is 1. The summed E-state index contributed by atoms with van der Waals surface area (Å²) in [6.45, 7) is 2.60. The molecular weight excluding hydrogens is 774 g/mol. The highest BCUT2D eigenvalue weighted by molar-refractivity contribution is 6.32. The Morgan fingerprint density at radius 2 is 1.83 bits per heavy atom. The molecule has 4 aromatic rings. The molecule has 17 heteroatoms. The van der Waals surface area contributed by atoms with Gasteiger partial charge in [-0.25, -0.2) is 9.97 Å². The van der Waals surface area contributed by atoms with E-state index < -0.39 is 12.1 Å². The van der Waals surface area contributed by atoms with Gasteiger partial charge in [0.05, 0.1) is 35.2 Å². The number of nitrogens with zero attached hydrogens (tertiary/aromatic N) is 8. The molecule has 9 rings (SSSR count). The van der Waals surface area contributed by atoms with Crippen LogP contribution in [-0.4, -0.2) is 111 Å². The van der Waals surface area contributed by atoms with Gasteiger partial charge in [0.1, 0.15) is 16.6 Å². The number of hydrogen-bond acceptors (Lipinski definition) is 13. The third-order valence-corrected chi connectivity index (χ3v) is 13.3. The predicted octanol–water partition coefficient (Wildman–Crippen LogP) is 4.17. The standard InChI is InChI=1S/C42H50ClN11O5/c1-44-35(56)22-59-33-18-25-15-26(19-45-39(25)51(2)41(33)58)47-38-32(43)20-46-42(49-38)53-13-11-23(12-14-53)21-54-27-7-8-28(54)17-24(16-27)29-5-4-6-30-36(50-52(3)37(29)30)31-9-10-34(55)48-40(31)57/h4-6,15,18-20,23-24,27-28,31,41,58H,7-14,16-17,21-22H2,1-3H3,(H,44,56)(H,46,47,49)(H,48,55,57). The van der Waals surface area contributed by atoms with E-state index in [2.05, 4.69) is 53.9 Å². The molecule has 59 heavy (non-hydrogen) atoms. The van der Waals surface area contributed by atoms with Gasteiger partial charge in [-0.1, -0.05) is 29.8 Å². The number of likely N-dealkylation sites (N-methyl/N-ethyl adjacent to an activating group) is 2. The Labute approximate surface area is 347 Å². The van der Waals surface area contributed by atoms with Crippen LogP contribution in [0.15, 0.2) is 42.4 Å². The molecule has 0 saturated carbocycles. The lowest BCUT2D eigenvalue weighted by molar-refractivity contribution is -0.134. The third kappa shape index (κ3) is 7.57. The van der Waals surface area contributed by atoms with Gasteiger partial charge in [-0.2, -0.15) is 10.1 Å². The van der Waals surface area contributed by atoms with Gasteiger partial charge in [0.25, 0.3) is 5.91 Å². The lowest BCUT2D eigenvalue weighted by Gasteiger charge is -2.42. The van der Waals surface area contributed by atoms with Crippen LogP contribution in [0.4, 0.5) is 23.3 Å². The summed E-state index contributed by atoms with van der Waals surface area (Å²) in [6, 6.07) is 9.40. The van der Waals surface area contributed by atoms with Crippen molar-refractivity contribution in [2.75, 3.05) is 55.5 Å². The number of rotatable bonds is 10. The molecule has 4 unspecified atom stereocenters. The first-order chi connectivity index (χ1) is 28.5. The fourth-order valence-electron chi connectivity index (χ4n) is 9.93. The van der Waals surface area contributed by atoms with Crippen molar-refractivity contribution < 1.29 is 24.2 Å². The monoisotopic (exact) mass is 823 g/mol. The first-order valence-electron chi connectivity index (χ1n) is 20.6. The van der Waals surface area contributed by atoms with E-state index in [0.717, 1.165) is 61.9 Å². The van der Waals surface area contributed by atoms with Gasteiger partial charge in [-0.05, 0) is 74.5 Å². The van der Waals surface area contributed by atoms with Gasteiger partial charge >= 0.3 is 0 Å². The molecule has 0 radical (unpaired) electrons. The zero-order valence-corrected chi connectivity index (χ0v) is 34.3. The fourth-order valence-corrected chi connectivity index (χ4v) is 10.1. The van der Waals surface area contributed by atoms with E-state index in [1.165, 1.54) is 25.5 Å². The molecule has 16 nitrogen and oxygen atoms in total. The van der Waals surface area contributed by atoms with Crippen LogP contribution in [0, 0.1) is 5.92 Å². The van der Waals surface area contributed by atoms with Crippen molar-refractivity contribution in [3.8, 4) is 0 Å². The second-order valence-electron chi connectivity index (χ2n) is 16.6. The summed E-state index contributed by atoms with van der Waals surface area (Å²) in [5, 5.41) is 25.3. The average molecular weight is 824 g/mol. The van der Waals surface area contributed by atoms with E-state index in [0.29, 0.717) is 70.6 Å². The molecule has 4 atom stereocenters. The smallest absolute Gasteiger partial charge is 0.257 e. The number of carbonyl (C=O) groups is 3. The van der Waals surface area contributed by atoms with Gasteiger partial charge in [0, 0.05) is 70.2 Å². The van der Waals surface area contributed by atoms with Crippen molar-refractivity contribution in [1.82, 2.24) is 40.3 Å². The number of para-hydroxylation sites is 1. The normalized spacial score (nSPS) is 24.8. The van der Waals surface area contributed by atoms with Crippen molar-refractivity contribution in [2.45, 2.75) is 81.5 Å². The van der Waals surface area contributed by atoms with Crippen molar-refractivity contribution in [3.05, 3.63) is 64.3 Å². The van der Waals surface area contributed by atoms with Crippen molar-refractivity contribution in [3.63, 3.8) is 0 Å². The number of aromatic nitrogens is 5. The number of aryl methyl sites for hydroxylation is 1. The second kappa shape index (κ2) is 16.0. The van der Waals surface area contributed by atoms with E-state index in [9.17, 15) is 19.5 Å². The molecule has 0 spiro atoms. The van der Waals surface area contributed by atoms with Crippen molar-refractivity contribution >= 4 is 69.6 Å². The quantitative estimate of drug-likeness (QED) is 0.168. The molecule has 1 aromatic carbocycles. The first kappa shape index (κ1) is 39.2. The molecular formula is C42H50ClN11O5. The molecule has 4 N–H and O–H groups in total. The molecule has 8 heterocycles. The highest BCUT2D eigenvalue weighted by Gasteiger charge is 2.43. The van der Waals surface area contributed by atoms with Crippen molar-refractivity contribution in [2.24, 2.45) is 13.0 Å². The Morgan fingerprint density at radius 1 is 1.05 bits per heavy atom. The van der Waals surface area contributed by atoms with E-state index in [4.69, 9.17) is 26.4 Å². The summed E-state index contributed by atoms with van der Waals surface area (Å²) in [4.78, 5) is 57.0. The highest BCUT2D eigenvalue weighted by Crippen LogP contribution is 2.46. The predicted molar refractivity (Wildman–Crippen MR) is 223 cm³/mol. The van der Waals surface area contributed by atoms with Crippen molar-refractivity contribution in [1.29, 1.82) is 0 Å². The number of pyridine rings is 1. The van der Waals surface area contributed by atoms with Gasteiger partial charge in [-0.15, -0.1) is 0 Å². The van der Waals surface area contributed by atoms with Crippen LogP contribution in [0.1, 0.15) is 80.0 Å². The molecule has 2 bridgehead atoms. The summed E-state index contributed by atoms with van der Waals surface area (Å²) in [5.74, 6) is 1.75. The maximum Gasteiger partial charge on any atom is 0.257 e. The number of piperidine rings is 3. The zero-order chi connectivity index (χ0) is 40.9. The Bertz CT molecular complexity index is 2310. The maximum absolute atomic E-state index is 12.8. The molecule has 3 amide bonds. The van der Waals surface area contributed by atoms with Crippen LogP contribution in [0.3, 0.4) is 0 Å². The van der Waals surface area contributed by atoms with Crippen LogP contribution < -0.4 is 25.8 Å². The minimum Gasteiger partial charge on any atom is -0.483 e. The van der Waals surface area contributed by atoms with Crippen LogP contribution in [0.2, 0.25) is 5.02 Å². The number of carbonyl (C=O) groups excluding carboxylic acids is 3. The molecule has 5 aliphatic heterocycles. The SMILES string of the molecule is CNC(=O)COC1=Cc2cc(Nc3nc(N4CCC(CN5C6CCC5CC(c5cccc7c(C8CCC(=O)NC8=O)nn(C)c57)C6)CC4)ncc3Cl)cnc2N(C)C1O. The summed E-state index contributed by atoms with van der Waals surface area (Å²) in [5.41, 5.74) is 4.56. The van der Waals surface area contributed by atoms with E-state index in [1.807, 2.05) is 17.8 Å². The van der Waals surface area contributed by atoms with Crippen LogP contribution >= 0.6 is 11.6 Å². The number of nitrogens with one attached hydrogen (secondary N) is 3. The average Bonchev–Trinajstić information content (AvgIpc) is 3.68. The number of aliphatic hydroxyl groups excluding tert-OH is 1. The molecule has 4 fully saturated rings. The third-order valence-electron chi connectivity index (χ3n) is 13.0. The number of fused-ring (bicyclic) bond motifs is 4. The Morgan fingerprint density at radius 3 is 2.58 bits per heavy atom. The Hall–Kier alpha value is -5.32. The number of anilines is 4. The van der Waals surface area contributed by atoms with Gasteiger partial charge in [0.15, 0.2) is 18.7 Å². The molecule has 3 aromatic heterocycles. The summed E-state index contributed by atoms with van der Waals surface area (Å²) < 4.78 is 7.55.